The molecule has 3 heterocycles. The first kappa shape index (κ1) is 20.9. The highest BCUT2D eigenvalue weighted by atomic mass is 16.3. The molecule has 0 N–H and O–H groups in total. The van der Waals surface area contributed by atoms with Crippen molar-refractivity contribution in [3.8, 4) is 28.3 Å². The van der Waals surface area contributed by atoms with E-state index in [1.54, 1.807) is 0 Å². The Morgan fingerprint density at radius 1 is 0.526 bits per heavy atom. The average molecular weight is 488 g/mol. The highest BCUT2D eigenvalue weighted by Crippen LogP contribution is 2.39. The molecule has 0 aliphatic rings. The van der Waals surface area contributed by atoms with Crippen molar-refractivity contribution < 1.29 is 4.42 Å². The van der Waals surface area contributed by atoms with Crippen LogP contribution < -0.4 is 0 Å². The van der Waals surface area contributed by atoms with Crippen LogP contribution >= 0.6 is 0 Å². The standard InChI is InChI=1S/C34H21N3O/c1-3-11-22(12-4-1)33-35-32(31-26-16-8-10-18-30(26)38-34(31)36-33)23-19-20-29-27(21-23)25-15-7-9-17-28(25)37(29)24-13-5-2-6-14-24/h1-21H. The second kappa shape index (κ2) is 8.15. The Kier molecular flexibility index (Phi) is 4.49. The Bertz CT molecular complexity index is 2120. The minimum absolute atomic E-state index is 0.599. The van der Waals surface area contributed by atoms with Crippen LogP contribution in [0.3, 0.4) is 0 Å². The average Bonchev–Trinajstić information content (AvgIpc) is 3.53. The fraction of sp³-hybridized carbons (Fsp3) is 0. The zero-order valence-corrected chi connectivity index (χ0v) is 20.4. The van der Waals surface area contributed by atoms with Gasteiger partial charge in [0, 0.05) is 33.0 Å². The van der Waals surface area contributed by atoms with Crippen LogP contribution in [-0.4, -0.2) is 14.5 Å². The second-order valence-corrected chi connectivity index (χ2v) is 9.46. The molecular formula is C34H21N3O. The van der Waals surface area contributed by atoms with E-state index in [0.29, 0.717) is 11.5 Å². The second-order valence-electron chi connectivity index (χ2n) is 9.46. The Morgan fingerprint density at radius 2 is 1.21 bits per heavy atom. The molecule has 0 atom stereocenters. The third-order valence-electron chi connectivity index (χ3n) is 7.23. The smallest absolute Gasteiger partial charge is 0.231 e. The van der Waals surface area contributed by atoms with Crippen molar-refractivity contribution in [1.82, 2.24) is 14.5 Å². The Labute approximate surface area is 218 Å². The van der Waals surface area contributed by atoms with Crippen LogP contribution in [0.4, 0.5) is 0 Å². The summed E-state index contributed by atoms with van der Waals surface area (Å²) in [5.74, 6) is 0.652. The van der Waals surface area contributed by atoms with Crippen LogP contribution in [0.1, 0.15) is 0 Å². The van der Waals surface area contributed by atoms with Gasteiger partial charge in [0.2, 0.25) is 5.71 Å². The monoisotopic (exact) mass is 487 g/mol. The summed E-state index contributed by atoms with van der Waals surface area (Å²) in [6.07, 6.45) is 0. The zero-order chi connectivity index (χ0) is 25.1. The number of hydrogen-bond acceptors (Lipinski definition) is 3. The van der Waals surface area contributed by atoms with Crippen molar-refractivity contribution in [3.63, 3.8) is 0 Å². The molecule has 8 rings (SSSR count). The molecule has 0 radical (unpaired) electrons. The molecule has 8 aromatic rings. The normalized spacial score (nSPS) is 11.7. The summed E-state index contributed by atoms with van der Waals surface area (Å²) >= 11 is 0. The minimum atomic E-state index is 0.599. The first-order chi connectivity index (χ1) is 18.8. The van der Waals surface area contributed by atoms with Gasteiger partial charge in [0.05, 0.1) is 22.1 Å². The molecule has 0 aliphatic heterocycles. The van der Waals surface area contributed by atoms with E-state index in [0.717, 1.165) is 44.4 Å². The molecule has 3 aromatic heterocycles. The molecule has 0 saturated heterocycles. The zero-order valence-electron chi connectivity index (χ0n) is 20.4. The maximum absolute atomic E-state index is 6.24. The number of para-hydroxylation sites is 3. The quantitative estimate of drug-likeness (QED) is 0.250. The third kappa shape index (κ3) is 3.10. The fourth-order valence-corrected chi connectivity index (χ4v) is 5.52. The molecule has 5 aromatic carbocycles. The fourth-order valence-electron chi connectivity index (χ4n) is 5.52. The van der Waals surface area contributed by atoms with Crippen LogP contribution in [0.5, 0.6) is 0 Å². The molecule has 38 heavy (non-hydrogen) atoms. The number of aromatic nitrogens is 3. The van der Waals surface area contributed by atoms with E-state index in [4.69, 9.17) is 14.4 Å². The maximum Gasteiger partial charge on any atom is 0.231 e. The molecule has 4 heteroatoms. The maximum atomic E-state index is 6.24. The van der Waals surface area contributed by atoms with Crippen LogP contribution in [-0.2, 0) is 0 Å². The van der Waals surface area contributed by atoms with Crippen molar-refractivity contribution in [2.75, 3.05) is 0 Å². The molecule has 0 saturated carbocycles. The van der Waals surface area contributed by atoms with Gasteiger partial charge in [0.15, 0.2) is 5.82 Å². The van der Waals surface area contributed by atoms with E-state index in [9.17, 15) is 0 Å². The Morgan fingerprint density at radius 3 is 2.05 bits per heavy atom. The van der Waals surface area contributed by atoms with E-state index in [-0.39, 0.29) is 0 Å². The summed E-state index contributed by atoms with van der Waals surface area (Å²) in [4.78, 5) is 9.98. The van der Waals surface area contributed by atoms with Gasteiger partial charge in [-0.05, 0) is 36.4 Å². The highest BCUT2D eigenvalue weighted by Gasteiger charge is 2.19. The van der Waals surface area contributed by atoms with E-state index in [1.165, 1.54) is 16.3 Å². The molecule has 0 bridgehead atoms. The van der Waals surface area contributed by atoms with Gasteiger partial charge in [0.25, 0.3) is 0 Å². The number of benzene rings is 5. The van der Waals surface area contributed by atoms with Gasteiger partial charge in [-0.1, -0.05) is 91.0 Å². The van der Waals surface area contributed by atoms with Crippen LogP contribution in [0.25, 0.3) is 72.2 Å². The number of rotatable bonds is 3. The SMILES string of the molecule is c1ccc(-c2nc(-c3ccc4c(c3)c3ccccc3n4-c3ccccc3)c3c(n2)oc2ccccc23)cc1. The predicted octanol–water partition coefficient (Wildman–Crippen LogP) is 8.81. The largest absolute Gasteiger partial charge is 0.438 e. The van der Waals surface area contributed by atoms with Crippen molar-refractivity contribution in [1.29, 1.82) is 0 Å². The van der Waals surface area contributed by atoms with Gasteiger partial charge < -0.3 is 8.98 Å². The van der Waals surface area contributed by atoms with Gasteiger partial charge in [-0.25, -0.2) is 4.98 Å². The van der Waals surface area contributed by atoms with Crippen molar-refractivity contribution in [2.24, 2.45) is 0 Å². The minimum Gasteiger partial charge on any atom is -0.438 e. The van der Waals surface area contributed by atoms with Gasteiger partial charge in [0.1, 0.15) is 5.58 Å². The number of hydrogen-bond donors (Lipinski definition) is 0. The van der Waals surface area contributed by atoms with E-state index < -0.39 is 0 Å². The van der Waals surface area contributed by atoms with Gasteiger partial charge >= 0.3 is 0 Å². The van der Waals surface area contributed by atoms with Crippen molar-refractivity contribution in [3.05, 3.63) is 127 Å². The van der Waals surface area contributed by atoms with Crippen molar-refractivity contribution >= 4 is 43.9 Å². The number of fused-ring (bicyclic) bond motifs is 6. The number of nitrogens with zero attached hydrogens (tertiary/aromatic N) is 3. The molecule has 0 amide bonds. The lowest BCUT2D eigenvalue weighted by Gasteiger charge is -2.09. The first-order valence-corrected chi connectivity index (χ1v) is 12.7. The van der Waals surface area contributed by atoms with Crippen LogP contribution in [0, 0.1) is 0 Å². The first-order valence-electron chi connectivity index (χ1n) is 12.7. The summed E-state index contributed by atoms with van der Waals surface area (Å²) in [5.41, 5.74) is 7.75. The van der Waals surface area contributed by atoms with Gasteiger partial charge in [-0.15, -0.1) is 0 Å². The third-order valence-corrected chi connectivity index (χ3v) is 7.23. The van der Waals surface area contributed by atoms with Crippen molar-refractivity contribution in [2.45, 2.75) is 0 Å². The van der Waals surface area contributed by atoms with Gasteiger partial charge in [-0.2, -0.15) is 4.98 Å². The summed E-state index contributed by atoms with van der Waals surface area (Å²) in [5, 5.41) is 4.34. The lowest BCUT2D eigenvalue weighted by molar-refractivity contribution is 0.653. The van der Waals surface area contributed by atoms with Crippen LogP contribution in [0.15, 0.2) is 132 Å². The lowest BCUT2D eigenvalue weighted by atomic mass is 10.0. The molecular weight excluding hydrogens is 466 g/mol. The highest BCUT2D eigenvalue weighted by molar-refractivity contribution is 6.14. The van der Waals surface area contributed by atoms with E-state index in [1.807, 2.05) is 48.5 Å². The van der Waals surface area contributed by atoms with E-state index in [2.05, 4.69) is 83.4 Å². The summed E-state index contributed by atoms with van der Waals surface area (Å²) in [6.45, 7) is 0. The van der Waals surface area contributed by atoms with E-state index >= 15 is 0 Å². The lowest BCUT2D eigenvalue weighted by Crippen LogP contribution is -1.95. The molecule has 178 valence electrons. The predicted molar refractivity (Wildman–Crippen MR) is 155 cm³/mol. The Hall–Kier alpha value is -5.22. The Balaban J connectivity index is 1.45. The summed E-state index contributed by atoms with van der Waals surface area (Å²) < 4.78 is 8.57. The molecule has 0 spiro atoms. The summed E-state index contributed by atoms with van der Waals surface area (Å²) in [6, 6.07) is 43.9. The molecule has 0 unspecified atom stereocenters. The van der Waals surface area contributed by atoms with Crippen LogP contribution in [0.2, 0.25) is 0 Å². The summed E-state index contributed by atoms with van der Waals surface area (Å²) in [7, 11) is 0. The topological polar surface area (TPSA) is 43.9 Å². The molecule has 4 nitrogen and oxygen atoms in total. The number of furan rings is 1. The molecule has 0 aliphatic carbocycles. The molecule has 0 fully saturated rings. The van der Waals surface area contributed by atoms with Gasteiger partial charge in [-0.3, -0.25) is 0 Å².